The van der Waals surface area contributed by atoms with Gasteiger partial charge in [0.25, 0.3) is 5.91 Å². The number of carbonyl (C=O) groups is 1. The summed E-state index contributed by atoms with van der Waals surface area (Å²) in [5.41, 5.74) is 1.50. The average molecular weight is 300 g/mol. The van der Waals surface area contributed by atoms with E-state index in [1.807, 2.05) is 18.2 Å². The molecular formula is C17H19FN3O+. The number of amides is 1. The van der Waals surface area contributed by atoms with E-state index < -0.39 is 0 Å². The van der Waals surface area contributed by atoms with Crippen LogP contribution < -0.4 is 4.90 Å². The number of rotatable bonds is 3. The summed E-state index contributed by atoms with van der Waals surface area (Å²) >= 11 is 0. The molecule has 3 rings (SSSR count). The lowest BCUT2D eigenvalue weighted by molar-refractivity contribution is -0.917. The van der Waals surface area contributed by atoms with Gasteiger partial charge in [-0.15, -0.1) is 0 Å². The highest BCUT2D eigenvalue weighted by atomic mass is 19.1. The first kappa shape index (κ1) is 14.7. The van der Waals surface area contributed by atoms with Gasteiger partial charge < -0.3 is 9.80 Å². The summed E-state index contributed by atoms with van der Waals surface area (Å²) in [5, 5.41) is 0. The number of halogens is 1. The van der Waals surface area contributed by atoms with Crippen molar-refractivity contribution in [3.8, 4) is 0 Å². The molecule has 0 atom stereocenters. The molecule has 0 radical (unpaired) electrons. The molecule has 1 aromatic carbocycles. The second-order valence-electron chi connectivity index (χ2n) is 5.55. The second-order valence-corrected chi connectivity index (χ2v) is 5.55. The minimum atomic E-state index is -0.370. The SMILES string of the molecule is O=C(c1cccc(F)c1)N1CC[NH+](Cc2ccccn2)CC1. The Labute approximate surface area is 129 Å². The van der Waals surface area contributed by atoms with Gasteiger partial charge in [-0.05, 0) is 30.3 Å². The van der Waals surface area contributed by atoms with E-state index in [1.165, 1.54) is 17.0 Å². The van der Waals surface area contributed by atoms with E-state index in [0.29, 0.717) is 18.7 Å². The Hall–Kier alpha value is -2.27. The van der Waals surface area contributed by atoms with E-state index in [-0.39, 0.29) is 11.7 Å². The van der Waals surface area contributed by atoms with Crippen LogP contribution in [-0.2, 0) is 6.54 Å². The van der Waals surface area contributed by atoms with E-state index >= 15 is 0 Å². The number of aromatic nitrogens is 1. The minimum Gasteiger partial charge on any atom is -0.327 e. The van der Waals surface area contributed by atoms with Crippen molar-refractivity contribution in [3.63, 3.8) is 0 Å². The van der Waals surface area contributed by atoms with E-state index in [9.17, 15) is 9.18 Å². The smallest absolute Gasteiger partial charge is 0.254 e. The summed E-state index contributed by atoms with van der Waals surface area (Å²) in [7, 11) is 0. The van der Waals surface area contributed by atoms with Gasteiger partial charge in [0.2, 0.25) is 0 Å². The predicted molar refractivity (Wildman–Crippen MR) is 80.9 cm³/mol. The molecule has 1 aliphatic rings. The molecule has 2 heterocycles. The molecule has 2 aromatic rings. The van der Waals surface area contributed by atoms with Crippen molar-refractivity contribution in [2.75, 3.05) is 26.2 Å². The number of carbonyl (C=O) groups excluding carboxylic acids is 1. The van der Waals surface area contributed by atoms with Gasteiger partial charge in [0.05, 0.1) is 31.9 Å². The topological polar surface area (TPSA) is 37.6 Å². The molecule has 0 bridgehead atoms. The quantitative estimate of drug-likeness (QED) is 0.909. The standard InChI is InChI=1S/C17H18FN3O/c18-15-5-3-4-14(12-15)17(22)21-10-8-20(9-11-21)13-16-6-1-2-7-19-16/h1-7,12H,8-11,13H2/p+1. The molecule has 5 heteroatoms. The Morgan fingerprint density at radius 3 is 2.68 bits per heavy atom. The molecule has 1 aliphatic heterocycles. The number of benzene rings is 1. The van der Waals surface area contributed by atoms with Crippen molar-refractivity contribution < 1.29 is 14.1 Å². The Morgan fingerprint density at radius 2 is 2.00 bits per heavy atom. The number of quaternary nitrogens is 1. The fourth-order valence-electron chi connectivity index (χ4n) is 2.77. The zero-order chi connectivity index (χ0) is 15.4. The first-order valence-corrected chi connectivity index (χ1v) is 7.51. The van der Waals surface area contributed by atoms with Crippen LogP contribution in [0.4, 0.5) is 4.39 Å². The van der Waals surface area contributed by atoms with E-state index in [4.69, 9.17) is 0 Å². The highest BCUT2D eigenvalue weighted by molar-refractivity contribution is 5.94. The Balaban J connectivity index is 1.56. The molecule has 0 aliphatic carbocycles. The minimum absolute atomic E-state index is 0.0867. The van der Waals surface area contributed by atoms with Gasteiger partial charge in [0.15, 0.2) is 0 Å². The Kier molecular flexibility index (Phi) is 4.44. The van der Waals surface area contributed by atoms with Gasteiger partial charge in [-0.2, -0.15) is 0 Å². The summed E-state index contributed by atoms with van der Waals surface area (Å²) in [5.74, 6) is -0.457. The van der Waals surface area contributed by atoms with Crippen LogP contribution in [0.15, 0.2) is 48.7 Å². The van der Waals surface area contributed by atoms with Crippen LogP contribution in [0.3, 0.4) is 0 Å². The van der Waals surface area contributed by atoms with Crippen molar-refractivity contribution in [1.29, 1.82) is 0 Å². The zero-order valence-corrected chi connectivity index (χ0v) is 12.3. The molecule has 0 spiro atoms. The summed E-state index contributed by atoms with van der Waals surface area (Å²) < 4.78 is 13.2. The molecule has 1 fully saturated rings. The van der Waals surface area contributed by atoms with Crippen LogP contribution in [0.25, 0.3) is 0 Å². The number of hydrogen-bond donors (Lipinski definition) is 1. The molecule has 1 N–H and O–H groups in total. The van der Waals surface area contributed by atoms with Crippen LogP contribution >= 0.6 is 0 Å². The van der Waals surface area contributed by atoms with E-state index in [2.05, 4.69) is 4.98 Å². The zero-order valence-electron chi connectivity index (χ0n) is 12.3. The van der Waals surface area contributed by atoms with Crippen molar-refractivity contribution in [3.05, 3.63) is 65.7 Å². The largest absolute Gasteiger partial charge is 0.327 e. The number of pyridine rings is 1. The second kappa shape index (κ2) is 6.66. The van der Waals surface area contributed by atoms with Gasteiger partial charge in [-0.1, -0.05) is 12.1 Å². The van der Waals surface area contributed by atoms with Crippen LogP contribution in [0.2, 0.25) is 0 Å². The molecule has 4 nitrogen and oxygen atoms in total. The molecular weight excluding hydrogens is 281 g/mol. The Morgan fingerprint density at radius 1 is 1.18 bits per heavy atom. The van der Waals surface area contributed by atoms with Crippen LogP contribution in [0.5, 0.6) is 0 Å². The third-order valence-corrected chi connectivity index (χ3v) is 3.99. The first-order valence-electron chi connectivity index (χ1n) is 7.51. The third kappa shape index (κ3) is 3.49. The van der Waals surface area contributed by atoms with Crippen molar-refractivity contribution in [2.24, 2.45) is 0 Å². The average Bonchev–Trinajstić information content (AvgIpc) is 2.56. The molecule has 1 aromatic heterocycles. The van der Waals surface area contributed by atoms with E-state index in [0.717, 1.165) is 25.3 Å². The Bertz CT molecular complexity index is 639. The summed E-state index contributed by atoms with van der Waals surface area (Å²) in [4.78, 5) is 19.9. The van der Waals surface area contributed by atoms with Crippen LogP contribution in [-0.4, -0.2) is 42.0 Å². The molecule has 0 unspecified atom stereocenters. The molecule has 114 valence electrons. The van der Waals surface area contributed by atoms with Gasteiger partial charge in [-0.25, -0.2) is 4.39 Å². The highest BCUT2D eigenvalue weighted by Gasteiger charge is 2.24. The summed E-state index contributed by atoms with van der Waals surface area (Å²) in [6.07, 6.45) is 1.80. The van der Waals surface area contributed by atoms with Crippen molar-refractivity contribution in [1.82, 2.24) is 9.88 Å². The lowest BCUT2D eigenvalue weighted by Gasteiger charge is -2.32. The van der Waals surface area contributed by atoms with Crippen LogP contribution in [0, 0.1) is 5.82 Å². The molecule has 1 amide bonds. The lowest BCUT2D eigenvalue weighted by atomic mass is 10.1. The fourth-order valence-corrected chi connectivity index (χ4v) is 2.77. The van der Waals surface area contributed by atoms with Crippen LogP contribution in [0.1, 0.15) is 16.1 Å². The molecule has 1 saturated heterocycles. The normalized spacial score (nSPS) is 15.8. The fraction of sp³-hybridized carbons (Fsp3) is 0.294. The predicted octanol–water partition coefficient (Wildman–Crippen LogP) is 0.762. The van der Waals surface area contributed by atoms with E-state index in [1.54, 1.807) is 23.2 Å². The number of nitrogens with zero attached hydrogens (tertiary/aromatic N) is 2. The maximum Gasteiger partial charge on any atom is 0.254 e. The maximum atomic E-state index is 13.2. The highest BCUT2D eigenvalue weighted by Crippen LogP contribution is 2.07. The number of piperazine rings is 1. The maximum absolute atomic E-state index is 13.2. The lowest BCUT2D eigenvalue weighted by Crippen LogP contribution is -3.13. The first-order chi connectivity index (χ1) is 10.7. The van der Waals surface area contributed by atoms with Gasteiger partial charge in [0, 0.05) is 11.8 Å². The number of nitrogens with one attached hydrogen (secondary N) is 1. The van der Waals surface area contributed by atoms with Crippen molar-refractivity contribution >= 4 is 5.91 Å². The van der Waals surface area contributed by atoms with Gasteiger partial charge in [0.1, 0.15) is 12.4 Å². The van der Waals surface area contributed by atoms with Gasteiger partial charge in [-0.3, -0.25) is 9.78 Å². The summed E-state index contributed by atoms with van der Waals surface area (Å²) in [6, 6.07) is 11.8. The monoisotopic (exact) mass is 300 g/mol. The third-order valence-electron chi connectivity index (χ3n) is 3.99. The number of hydrogen-bond acceptors (Lipinski definition) is 2. The summed E-state index contributed by atoms with van der Waals surface area (Å²) in [6.45, 7) is 4.03. The van der Waals surface area contributed by atoms with Gasteiger partial charge >= 0.3 is 0 Å². The molecule has 22 heavy (non-hydrogen) atoms. The molecule has 0 saturated carbocycles. The van der Waals surface area contributed by atoms with Crippen molar-refractivity contribution in [2.45, 2.75) is 6.54 Å².